The zero-order valence-electron chi connectivity index (χ0n) is 8.12. The fourth-order valence-corrected chi connectivity index (χ4v) is 1.80. The van der Waals surface area contributed by atoms with Gasteiger partial charge in [0.1, 0.15) is 5.69 Å². The van der Waals surface area contributed by atoms with Gasteiger partial charge in [0, 0.05) is 0 Å². The summed E-state index contributed by atoms with van der Waals surface area (Å²) in [5, 5.41) is 4.18. The van der Waals surface area contributed by atoms with Gasteiger partial charge in [-0.25, -0.2) is 0 Å². The van der Waals surface area contributed by atoms with Gasteiger partial charge in [0.05, 0.1) is 17.2 Å². The van der Waals surface area contributed by atoms with Gasteiger partial charge in [-0.05, 0) is 12.1 Å². The highest BCUT2D eigenvalue weighted by atomic mass is 35.5. The van der Waals surface area contributed by atoms with Gasteiger partial charge in [-0.3, -0.25) is 0 Å². The van der Waals surface area contributed by atoms with Crippen molar-refractivity contribution in [2.75, 3.05) is 7.11 Å². The topological polar surface area (TPSA) is 39.9 Å². The summed E-state index contributed by atoms with van der Waals surface area (Å²) in [5.74, 6) is 0. The van der Waals surface area contributed by atoms with Crippen molar-refractivity contribution in [3.05, 3.63) is 34.3 Å². The van der Waals surface area contributed by atoms with E-state index in [2.05, 4.69) is 10.1 Å². The van der Waals surface area contributed by atoms with Gasteiger partial charge >= 0.3 is 12.1 Å². The zero-order chi connectivity index (χ0) is 11.7. The maximum absolute atomic E-state index is 12.9. The van der Waals surface area contributed by atoms with E-state index in [1.165, 1.54) is 7.11 Å². The molecule has 0 saturated carbocycles. The van der Waals surface area contributed by atoms with Crippen LogP contribution in [0.25, 0.3) is 5.69 Å². The molecule has 1 heterocycles. The van der Waals surface area contributed by atoms with Gasteiger partial charge < -0.3 is 4.74 Å². The first kappa shape index (κ1) is 11.2. The number of aromatic nitrogens is 3. The van der Waals surface area contributed by atoms with E-state index < -0.39 is 6.08 Å². The van der Waals surface area contributed by atoms with Crippen LogP contribution in [-0.4, -0.2) is 21.9 Å². The third-order valence-electron chi connectivity index (χ3n) is 1.88. The lowest BCUT2D eigenvalue weighted by Gasteiger charge is -2.07. The Bertz CT molecular complexity index is 509. The molecule has 0 atom stereocenters. The highest BCUT2D eigenvalue weighted by molar-refractivity contribution is 6.37. The molecule has 2 rings (SSSR count). The monoisotopic (exact) mass is 261 g/mol. The summed E-state index contributed by atoms with van der Waals surface area (Å²) in [5.41, 5.74) is 0.332. The Labute approximate surface area is 101 Å². The van der Waals surface area contributed by atoms with Crippen molar-refractivity contribution in [1.82, 2.24) is 14.8 Å². The summed E-state index contributed by atoms with van der Waals surface area (Å²) >= 11 is 11.9. The van der Waals surface area contributed by atoms with Gasteiger partial charge in [0.25, 0.3) is 0 Å². The van der Waals surface area contributed by atoms with Crippen LogP contribution in [0.15, 0.2) is 18.2 Å². The molecule has 0 amide bonds. The molecule has 2 aromatic rings. The molecule has 1 aromatic carbocycles. The first-order valence-corrected chi connectivity index (χ1v) is 5.00. The first-order chi connectivity index (χ1) is 7.63. The summed E-state index contributed by atoms with van der Waals surface area (Å²) in [4.78, 5) is 3.43. The quantitative estimate of drug-likeness (QED) is 0.835. The van der Waals surface area contributed by atoms with Crippen LogP contribution in [0.1, 0.15) is 0 Å². The highest BCUT2D eigenvalue weighted by Crippen LogP contribution is 2.30. The molecule has 0 radical (unpaired) electrons. The molecule has 0 aliphatic carbocycles. The van der Waals surface area contributed by atoms with Crippen LogP contribution in [0, 0.1) is 6.08 Å². The standard InChI is InChI=1S/C9H6Cl2FN3O/c1-16-9-13-8(12)14-15(9)7-5(10)3-2-4-6(7)11/h2-4H,1H3. The van der Waals surface area contributed by atoms with Crippen LogP contribution < -0.4 is 4.74 Å². The predicted molar refractivity (Wildman–Crippen MR) is 57.9 cm³/mol. The summed E-state index contributed by atoms with van der Waals surface area (Å²) in [6.45, 7) is 0. The van der Waals surface area contributed by atoms with Gasteiger partial charge in [0.2, 0.25) is 0 Å². The average molecular weight is 262 g/mol. The molecule has 0 N–H and O–H groups in total. The molecule has 0 spiro atoms. The Hall–Kier alpha value is -1.33. The van der Waals surface area contributed by atoms with Gasteiger partial charge in [-0.15, -0.1) is 10.1 Å². The fourth-order valence-electron chi connectivity index (χ4n) is 1.24. The molecule has 84 valence electrons. The summed E-state index contributed by atoms with van der Waals surface area (Å²) in [7, 11) is 1.35. The molecule has 0 saturated heterocycles. The minimum absolute atomic E-state index is 0.0208. The molecule has 7 heteroatoms. The highest BCUT2D eigenvalue weighted by Gasteiger charge is 2.16. The largest absolute Gasteiger partial charge is 0.467 e. The third-order valence-corrected chi connectivity index (χ3v) is 2.49. The Morgan fingerprint density at radius 1 is 1.31 bits per heavy atom. The second-order valence-corrected chi connectivity index (χ2v) is 3.66. The Kier molecular flexibility index (Phi) is 2.98. The molecule has 0 aliphatic heterocycles. The van der Waals surface area contributed by atoms with Crippen molar-refractivity contribution < 1.29 is 9.13 Å². The maximum atomic E-state index is 12.9. The van der Waals surface area contributed by atoms with E-state index in [0.29, 0.717) is 15.7 Å². The van der Waals surface area contributed by atoms with Crippen molar-refractivity contribution in [2.24, 2.45) is 0 Å². The Balaban J connectivity index is 2.66. The van der Waals surface area contributed by atoms with Crippen molar-refractivity contribution in [1.29, 1.82) is 0 Å². The van der Waals surface area contributed by atoms with Crippen LogP contribution >= 0.6 is 23.2 Å². The van der Waals surface area contributed by atoms with Crippen LogP contribution in [0.5, 0.6) is 6.01 Å². The van der Waals surface area contributed by atoms with Gasteiger partial charge in [0.15, 0.2) is 0 Å². The minimum Gasteiger partial charge on any atom is -0.467 e. The predicted octanol–water partition coefficient (Wildman–Crippen LogP) is 2.72. The number of hydrogen-bond acceptors (Lipinski definition) is 3. The number of halogens is 3. The normalized spacial score (nSPS) is 10.5. The van der Waals surface area contributed by atoms with E-state index in [-0.39, 0.29) is 6.01 Å². The van der Waals surface area contributed by atoms with Gasteiger partial charge in [-0.2, -0.15) is 9.07 Å². The molecule has 1 aromatic heterocycles. The molecular formula is C9H6Cl2FN3O. The van der Waals surface area contributed by atoms with Gasteiger partial charge in [-0.1, -0.05) is 29.3 Å². The number of hydrogen-bond donors (Lipinski definition) is 0. The third kappa shape index (κ3) is 1.83. The van der Waals surface area contributed by atoms with Crippen LogP contribution in [-0.2, 0) is 0 Å². The van der Waals surface area contributed by atoms with E-state index in [1.807, 2.05) is 0 Å². The Morgan fingerprint density at radius 2 is 1.94 bits per heavy atom. The number of rotatable bonds is 2. The molecular weight excluding hydrogens is 256 g/mol. The van der Waals surface area contributed by atoms with E-state index in [1.54, 1.807) is 18.2 Å². The lowest BCUT2D eigenvalue weighted by molar-refractivity contribution is 0.367. The van der Waals surface area contributed by atoms with Crippen molar-refractivity contribution >= 4 is 23.2 Å². The second kappa shape index (κ2) is 4.27. The zero-order valence-corrected chi connectivity index (χ0v) is 9.63. The van der Waals surface area contributed by atoms with Crippen molar-refractivity contribution in [3.8, 4) is 11.7 Å². The fraction of sp³-hybridized carbons (Fsp3) is 0.111. The molecule has 0 bridgehead atoms. The second-order valence-electron chi connectivity index (χ2n) is 2.85. The lowest BCUT2D eigenvalue weighted by atomic mass is 10.3. The minimum atomic E-state index is -0.909. The summed E-state index contributed by atoms with van der Waals surface area (Å²) in [6.07, 6.45) is -0.909. The smallest absolute Gasteiger partial charge is 0.330 e. The van der Waals surface area contributed by atoms with Crippen molar-refractivity contribution in [3.63, 3.8) is 0 Å². The maximum Gasteiger partial charge on any atom is 0.330 e. The Morgan fingerprint density at radius 3 is 2.50 bits per heavy atom. The summed E-state index contributed by atoms with van der Waals surface area (Å²) < 4.78 is 18.9. The van der Waals surface area contributed by atoms with E-state index in [4.69, 9.17) is 27.9 Å². The molecule has 16 heavy (non-hydrogen) atoms. The van der Waals surface area contributed by atoms with Crippen LogP contribution in [0.4, 0.5) is 4.39 Å². The first-order valence-electron chi connectivity index (χ1n) is 4.24. The average Bonchev–Trinajstić information content (AvgIpc) is 2.59. The number of ether oxygens (including phenoxy) is 1. The van der Waals surface area contributed by atoms with E-state index in [9.17, 15) is 4.39 Å². The summed E-state index contributed by atoms with van der Waals surface area (Å²) in [6, 6.07) is 4.88. The number of para-hydroxylation sites is 1. The van der Waals surface area contributed by atoms with Crippen LogP contribution in [0.3, 0.4) is 0 Å². The molecule has 0 fully saturated rings. The molecule has 0 aliphatic rings. The number of methoxy groups -OCH3 is 1. The number of benzene rings is 1. The number of nitrogens with zero attached hydrogens (tertiary/aromatic N) is 3. The lowest BCUT2D eigenvalue weighted by Crippen LogP contribution is -2.02. The van der Waals surface area contributed by atoms with Crippen LogP contribution in [0.2, 0.25) is 10.0 Å². The van der Waals surface area contributed by atoms with E-state index in [0.717, 1.165) is 4.68 Å². The molecule has 0 unspecified atom stereocenters. The van der Waals surface area contributed by atoms with E-state index >= 15 is 0 Å². The SMILES string of the molecule is COc1nc(F)nn1-c1c(Cl)cccc1Cl. The van der Waals surface area contributed by atoms with Crippen molar-refractivity contribution in [2.45, 2.75) is 0 Å². The molecule has 4 nitrogen and oxygen atoms in total.